The summed E-state index contributed by atoms with van der Waals surface area (Å²) in [7, 11) is 0. The van der Waals surface area contributed by atoms with Gasteiger partial charge < -0.3 is 9.73 Å². The topological polar surface area (TPSA) is 97.4 Å². The van der Waals surface area contributed by atoms with Gasteiger partial charge >= 0.3 is 5.88 Å². The van der Waals surface area contributed by atoms with E-state index in [1.807, 2.05) is 6.92 Å². The first-order chi connectivity index (χ1) is 8.54. The zero-order chi connectivity index (χ0) is 13.5. The van der Waals surface area contributed by atoms with Crippen LogP contribution in [0.2, 0.25) is 0 Å². The smallest absolute Gasteiger partial charge is 0.404 e. The Kier molecular flexibility index (Phi) is 5.31. The third kappa shape index (κ3) is 4.17. The largest absolute Gasteiger partial charge is 0.433 e. The molecule has 1 amide bonds. The van der Waals surface area contributed by atoms with Crippen molar-refractivity contribution in [3.63, 3.8) is 0 Å². The van der Waals surface area contributed by atoms with Crippen molar-refractivity contribution in [3.05, 3.63) is 28.0 Å². The summed E-state index contributed by atoms with van der Waals surface area (Å²) >= 11 is 0. The average molecular weight is 255 g/mol. The van der Waals surface area contributed by atoms with E-state index in [0.29, 0.717) is 12.3 Å². The Labute approximate surface area is 105 Å². The van der Waals surface area contributed by atoms with Crippen LogP contribution in [0.1, 0.15) is 26.0 Å². The van der Waals surface area contributed by atoms with Crippen LogP contribution in [-0.4, -0.2) is 23.4 Å². The molecule has 0 spiro atoms. The predicted octanol–water partition coefficient (Wildman–Crippen LogP) is 1.19. The molecule has 0 aromatic carbocycles. The summed E-state index contributed by atoms with van der Waals surface area (Å²) in [6.07, 6.45) is 0.878. The maximum Gasteiger partial charge on any atom is 0.433 e. The molecular weight excluding hydrogens is 238 g/mol. The maximum atomic E-state index is 11.5. The molecule has 1 atom stereocenters. The minimum absolute atomic E-state index is 0.0992. The molecule has 1 unspecified atom stereocenters. The highest BCUT2D eigenvalue weighted by Crippen LogP contribution is 2.15. The minimum atomic E-state index is -0.596. The van der Waals surface area contributed by atoms with Gasteiger partial charge in [0.15, 0.2) is 0 Å². The third-order valence-corrected chi connectivity index (χ3v) is 2.35. The van der Waals surface area contributed by atoms with Crippen LogP contribution in [-0.2, 0) is 11.3 Å². The highest BCUT2D eigenvalue weighted by atomic mass is 16.6. The van der Waals surface area contributed by atoms with Crippen molar-refractivity contribution < 1.29 is 14.1 Å². The first-order valence-electron chi connectivity index (χ1n) is 5.78. The third-order valence-electron chi connectivity index (χ3n) is 2.35. The molecule has 18 heavy (non-hydrogen) atoms. The van der Waals surface area contributed by atoms with E-state index in [1.54, 1.807) is 6.92 Å². The molecule has 1 heterocycles. The fourth-order valence-electron chi connectivity index (χ4n) is 1.31. The van der Waals surface area contributed by atoms with E-state index in [0.717, 1.165) is 6.42 Å². The number of furan rings is 1. The number of nitro groups is 1. The molecule has 0 fully saturated rings. The van der Waals surface area contributed by atoms with Crippen LogP contribution in [0, 0.1) is 10.1 Å². The van der Waals surface area contributed by atoms with Gasteiger partial charge in [-0.2, -0.15) is 0 Å². The van der Waals surface area contributed by atoms with E-state index in [2.05, 4.69) is 10.6 Å². The second-order valence-electron chi connectivity index (χ2n) is 3.89. The molecule has 0 aliphatic carbocycles. The van der Waals surface area contributed by atoms with Gasteiger partial charge in [0.05, 0.1) is 18.7 Å². The Bertz CT molecular complexity index is 416. The molecule has 0 bridgehead atoms. The Morgan fingerprint density at radius 1 is 1.56 bits per heavy atom. The van der Waals surface area contributed by atoms with Crippen LogP contribution in [0.15, 0.2) is 16.5 Å². The summed E-state index contributed by atoms with van der Waals surface area (Å²) in [4.78, 5) is 21.3. The minimum Gasteiger partial charge on any atom is -0.404 e. The first kappa shape index (κ1) is 14.2. The highest BCUT2D eigenvalue weighted by Gasteiger charge is 2.14. The van der Waals surface area contributed by atoms with E-state index >= 15 is 0 Å². The Balaban J connectivity index is 2.39. The Hall–Kier alpha value is -1.89. The zero-order valence-corrected chi connectivity index (χ0v) is 10.4. The molecule has 0 radical (unpaired) electrons. The monoisotopic (exact) mass is 255 g/mol. The second-order valence-corrected chi connectivity index (χ2v) is 3.89. The van der Waals surface area contributed by atoms with E-state index in [9.17, 15) is 14.9 Å². The van der Waals surface area contributed by atoms with E-state index < -0.39 is 4.92 Å². The molecule has 7 heteroatoms. The van der Waals surface area contributed by atoms with Gasteiger partial charge in [-0.15, -0.1) is 0 Å². The predicted molar refractivity (Wildman–Crippen MR) is 65.0 cm³/mol. The van der Waals surface area contributed by atoms with Gasteiger partial charge in [0.25, 0.3) is 0 Å². The Morgan fingerprint density at radius 2 is 2.28 bits per heavy atom. The lowest BCUT2D eigenvalue weighted by Gasteiger charge is -2.12. The maximum absolute atomic E-state index is 11.5. The fraction of sp³-hybridized carbons (Fsp3) is 0.545. The number of nitrogens with zero attached hydrogens (tertiary/aromatic N) is 1. The lowest BCUT2D eigenvalue weighted by atomic mass is 10.3. The van der Waals surface area contributed by atoms with Gasteiger partial charge in [-0.25, -0.2) is 0 Å². The summed E-state index contributed by atoms with van der Waals surface area (Å²) in [5.74, 6) is 0.0321. The van der Waals surface area contributed by atoms with Gasteiger partial charge in [-0.05, 0) is 19.4 Å². The summed E-state index contributed by atoms with van der Waals surface area (Å²) < 4.78 is 4.96. The number of carbonyl (C=O) groups excluding carboxylic acids is 1. The quantitative estimate of drug-likeness (QED) is 0.563. The van der Waals surface area contributed by atoms with Crippen molar-refractivity contribution in [2.75, 3.05) is 6.54 Å². The average Bonchev–Trinajstić information content (AvgIpc) is 2.81. The molecule has 1 rings (SSSR count). The lowest BCUT2D eigenvalue weighted by molar-refractivity contribution is -0.402. The second kappa shape index (κ2) is 6.75. The summed E-state index contributed by atoms with van der Waals surface area (Å²) in [5.41, 5.74) is 0. The number of rotatable bonds is 7. The normalized spacial score (nSPS) is 12.1. The number of amides is 1. The molecular formula is C11H17N3O4. The number of nitrogens with one attached hydrogen (secondary N) is 2. The fourth-order valence-corrected chi connectivity index (χ4v) is 1.31. The van der Waals surface area contributed by atoms with Gasteiger partial charge in [0.2, 0.25) is 5.91 Å². The molecule has 2 N–H and O–H groups in total. The molecule has 0 saturated carbocycles. The summed E-state index contributed by atoms with van der Waals surface area (Å²) in [6, 6.07) is 2.43. The lowest BCUT2D eigenvalue weighted by Crippen LogP contribution is -2.41. The van der Waals surface area contributed by atoms with Crippen LogP contribution in [0.25, 0.3) is 0 Å². The van der Waals surface area contributed by atoms with E-state index in [4.69, 9.17) is 4.42 Å². The SMILES string of the molecule is CCCNC(=O)C(C)NCc1ccc([N+](=O)[O-])o1. The van der Waals surface area contributed by atoms with Crippen molar-refractivity contribution in [2.45, 2.75) is 32.9 Å². The van der Waals surface area contributed by atoms with Crippen LogP contribution < -0.4 is 10.6 Å². The first-order valence-corrected chi connectivity index (χ1v) is 5.78. The Morgan fingerprint density at radius 3 is 2.83 bits per heavy atom. The summed E-state index contributed by atoms with van der Waals surface area (Å²) in [6.45, 7) is 4.61. The van der Waals surface area contributed by atoms with Crippen molar-refractivity contribution in [1.82, 2.24) is 10.6 Å². The van der Waals surface area contributed by atoms with Gasteiger partial charge in [-0.3, -0.25) is 20.2 Å². The van der Waals surface area contributed by atoms with Crippen molar-refractivity contribution in [3.8, 4) is 0 Å². The molecule has 1 aromatic rings. The van der Waals surface area contributed by atoms with Crippen molar-refractivity contribution >= 4 is 11.8 Å². The molecule has 7 nitrogen and oxygen atoms in total. The van der Waals surface area contributed by atoms with E-state index in [-0.39, 0.29) is 24.4 Å². The molecule has 1 aromatic heterocycles. The molecule has 100 valence electrons. The molecule has 0 saturated heterocycles. The summed E-state index contributed by atoms with van der Waals surface area (Å²) in [5, 5.41) is 16.1. The van der Waals surface area contributed by atoms with Gasteiger partial charge in [-0.1, -0.05) is 6.92 Å². The number of hydrogen-bond acceptors (Lipinski definition) is 5. The van der Waals surface area contributed by atoms with Crippen LogP contribution in [0.3, 0.4) is 0 Å². The molecule has 0 aliphatic heterocycles. The van der Waals surface area contributed by atoms with Crippen molar-refractivity contribution in [1.29, 1.82) is 0 Å². The van der Waals surface area contributed by atoms with Crippen LogP contribution in [0.4, 0.5) is 5.88 Å². The van der Waals surface area contributed by atoms with E-state index in [1.165, 1.54) is 12.1 Å². The van der Waals surface area contributed by atoms with Gasteiger partial charge in [0, 0.05) is 6.54 Å². The van der Waals surface area contributed by atoms with Gasteiger partial charge in [0.1, 0.15) is 10.7 Å². The number of hydrogen-bond donors (Lipinski definition) is 2. The molecule has 0 aliphatic rings. The van der Waals surface area contributed by atoms with Crippen LogP contribution in [0.5, 0.6) is 0 Å². The standard InChI is InChI=1S/C11H17N3O4/c1-3-6-12-11(15)8(2)13-7-9-4-5-10(18-9)14(16)17/h4-5,8,13H,3,6-7H2,1-2H3,(H,12,15). The van der Waals surface area contributed by atoms with Crippen LogP contribution >= 0.6 is 0 Å². The number of carbonyl (C=O) groups is 1. The zero-order valence-electron chi connectivity index (χ0n) is 10.4. The van der Waals surface area contributed by atoms with Crippen molar-refractivity contribution in [2.24, 2.45) is 0 Å². The highest BCUT2D eigenvalue weighted by molar-refractivity contribution is 5.81.